The number of carbonyl (C=O) groups is 1. The number of amides is 1. The lowest BCUT2D eigenvalue weighted by atomic mass is 10.1. The number of hydrogen-bond acceptors (Lipinski definition) is 3. The van der Waals surface area contributed by atoms with Crippen molar-refractivity contribution in [2.75, 3.05) is 6.54 Å². The summed E-state index contributed by atoms with van der Waals surface area (Å²) in [5.74, 6) is -0.0707. The third-order valence-corrected chi connectivity index (χ3v) is 6.43. The molecule has 0 saturated heterocycles. The van der Waals surface area contributed by atoms with E-state index in [2.05, 4.69) is 5.32 Å². The van der Waals surface area contributed by atoms with E-state index in [-0.39, 0.29) is 12.5 Å². The molecule has 0 spiro atoms. The molecule has 138 valence electrons. The smallest absolute Gasteiger partial charge is 0.251 e. The first-order valence-electron chi connectivity index (χ1n) is 8.87. The molecule has 0 atom stereocenters. The average Bonchev–Trinajstić information content (AvgIpc) is 3.44. The Morgan fingerprint density at radius 1 is 1.08 bits per heavy atom. The summed E-state index contributed by atoms with van der Waals surface area (Å²) < 4.78 is 27.1. The van der Waals surface area contributed by atoms with Gasteiger partial charge in [-0.25, -0.2) is 8.42 Å². The normalized spacial score (nSPS) is 14.4. The van der Waals surface area contributed by atoms with Gasteiger partial charge in [0.15, 0.2) is 0 Å². The highest BCUT2D eigenvalue weighted by Crippen LogP contribution is 2.21. The van der Waals surface area contributed by atoms with Crippen molar-refractivity contribution in [2.45, 2.75) is 44.2 Å². The van der Waals surface area contributed by atoms with Crippen molar-refractivity contribution in [1.82, 2.24) is 9.62 Å². The van der Waals surface area contributed by atoms with Crippen LogP contribution in [0.25, 0.3) is 0 Å². The molecule has 0 heterocycles. The molecule has 0 aliphatic heterocycles. The Balaban J connectivity index is 1.72. The molecule has 1 saturated carbocycles. The van der Waals surface area contributed by atoms with Crippen molar-refractivity contribution in [3.05, 3.63) is 65.2 Å². The maximum Gasteiger partial charge on any atom is 0.251 e. The summed E-state index contributed by atoms with van der Waals surface area (Å²) in [5.41, 5.74) is 2.47. The summed E-state index contributed by atoms with van der Waals surface area (Å²) in [6, 6.07) is 14.3. The van der Waals surface area contributed by atoms with Gasteiger partial charge < -0.3 is 5.32 Å². The molecule has 3 rings (SSSR count). The average molecular weight is 372 g/mol. The maximum absolute atomic E-state index is 12.8. The first-order chi connectivity index (χ1) is 12.4. The van der Waals surface area contributed by atoms with Crippen molar-refractivity contribution < 1.29 is 13.2 Å². The number of carbonyl (C=O) groups excluding carboxylic acids is 1. The number of sulfonamides is 1. The minimum absolute atomic E-state index is 0.0707. The summed E-state index contributed by atoms with van der Waals surface area (Å²) >= 11 is 0. The summed E-state index contributed by atoms with van der Waals surface area (Å²) in [7, 11) is -3.55. The predicted molar refractivity (Wildman–Crippen MR) is 101 cm³/mol. The van der Waals surface area contributed by atoms with Gasteiger partial charge in [-0.3, -0.25) is 4.79 Å². The highest BCUT2D eigenvalue weighted by Gasteiger charge is 2.25. The van der Waals surface area contributed by atoms with Crippen molar-refractivity contribution in [1.29, 1.82) is 0 Å². The minimum Gasteiger partial charge on any atom is -0.349 e. The van der Waals surface area contributed by atoms with Crippen LogP contribution in [0.4, 0.5) is 0 Å². The van der Waals surface area contributed by atoms with E-state index in [1.807, 2.05) is 26.0 Å². The van der Waals surface area contributed by atoms with Crippen LogP contribution in [-0.2, 0) is 16.6 Å². The SMILES string of the molecule is CCN(Cc1ccc(C(=O)NC2CC2)cc1)S(=O)(=O)c1ccc(C)cc1. The van der Waals surface area contributed by atoms with E-state index in [0.29, 0.717) is 23.0 Å². The van der Waals surface area contributed by atoms with Crippen LogP contribution in [0.1, 0.15) is 41.3 Å². The van der Waals surface area contributed by atoms with Gasteiger partial charge in [-0.2, -0.15) is 4.31 Å². The molecule has 2 aromatic rings. The number of nitrogens with one attached hydrogen (secondary N) is 1. The highest BCUT2D eigenvalue weighted by atomic mass is 32.2. The standard InChI is InChI=1S/C20H24N2O3S/c1-3-22(26(24,25)19-12-4-15(2)5-13-19)14-16-6-8-17(9-7-16)20(23)21-18-10-11-18/h4-9,12-13,18H,3,10-11,14H2,1-2H3,(H,21,23). The molecule has 6 heteroatoms. The fourth-order valence-electron chi connectivity index (χ4n) is 2.69. The zero-order valence-corrected chi connectivity index (χ0v) is 15.9. The monoisotopic (exact) mass is 372 g/mol. The molecular weight excluding hydrogens is 348 g/mol. The third-order valence-electron chi connectivity index (χ3n) is 4.50. The molecule has 0 bridgehead atoms. The molecule has 26 heavy (non-hydrogen) atoms. The Kier molecular flexibility index (Phi) is 5.44. The Labute approximate surface area is 155 Å². The second kappa shape index (κ2) is 7.60. The van der Waals surface area contributed by atoms with Crippen LogP contribution in [0.2, 0.25) is 0 Å². The quantitative estimate of drug-likeness (QED) is 0.812. The van der Waals surface area contributed by atoms with Gasteiger partial charge in [0.2, 0.25) is 10.0 Å². The zero-order chi connectivity index (χ0) is 18.7. The Morgan fingerprint density at radius 3 is 2.23 bits per heavy atom. The molecule has 0 radical (unpaired) electrons. The molecule has 1 N–H and O–H groups in total. The van der Waals surface area contributed by atoms with Crippen molar-refractivity contribution in [3.8, 4) is 0 Å². The number of aryl methyl sites for hydroxylation is 1. The van der Waals surface area contributed by atoms with E-state index < -0.39 is 10.0 Å². The van der Waals surface area contributed by atoms with Crippen LogP contribution in [0.5, 0.6) is 0 Å². The zero-order valence-electron chi connectivity index (χ0n) is 15.1. The summed E-state index contributed by atoms with van der Waals surface area (Å²) in [4.78, 5) is 12.3. The van der Waals surface area contributed by atoms with Gasteiger partial charge in [0, 0.05) is 24.7 Å². The molecule has 1 aliphatic rings. The first kappa shape index (κ1) is 18.6. The van der Waals surface area contributed by atoms with E-state index in [4.69, 9.17) is 0 Å². The van der Waals surface area contributed by atoms with Gasteiger partial charge in [0.05, 0.1) is 4.90 Å². The summed E-state index contributed by atoms with van der Waals surface area (Å²) in [6.07, 6.45) is 2.10. The second-order valence-corrected chi connectivity index (χ2v) is 8.63. The Hall–Kier alpha value is -2.18. The predicted octanol–water partition coefficient (Wildman–Crippen LogP) is 3.10. The minimum atomic E-state index is -3.55. The van der Waals surface area contributed by atoms with Crippen LogP contribution < -0.4 is 5.32 Å². The molecule has 1 fully saturated rings. The largest absolute Gasteiger partial charge is 0.349 e. The maximum atomic E-state index is 12.8. The Bertz CT molecular complexity index is 870. The fraction of sp³-hybridized carbons (Fsp3) is 0.350. The molecule has 5 nitrogen and oxygen atoms in total. The molecule has 0 aromatic heterocycles. The van der Waals surface area contributed by atoms with Crippen LogP contribution >= 0.6 is 0 Å². The van der Waals surface area contributed by atoms with E-state index in [1.165, 1.54) is 4.31 Å². The number of nitrogens with zero attached hydrogens (tertiary/aromatic N) is 1. The lowest BCUT2D eigenvalue weighted by Gasteiger charge is -2.21. The lowest BCUT2D eigenvalue weighted by molar-refractivity contribution is 0.0951. The van der Waals surface area contributed by atoms with E-state index in [9.17, 15) is 13.2 Å². The van der Waals surface area contributed by atoms with E-state index in [1.54, 1.807) is 36.4 Å². The molecule has 2 aromatic carbocycles. The van der Waals surface area contributed by atoms with Gasteiger partial charge in [0.25, 0.3) is 5.91 Å². The van der Waals surface area contributed by atoms with Crippen LogP contribution in [-0.4, -0.2) is 31.2 Å². The van der Waals surface area contributed by atoms with Crippen LogP contribution in [0, 0.1) is 6.92 Å². The highest BCUT2D eigenvalue weighted by molar-refractivity contribution is 7.89. The number of hydrogen-bond donors (Lipinski definition) is 1. The topological polar surface area (TPSA) is 66.5 Å². The van der Waals surface area contributed by atoms with Gasteiger partial charge in [0.1, 0.15) is 0 Å². The Morgan fingerprint density at radius 2 is 1.69 bits per heavy atom. The van der Waals surface area contributed by atoms with Crippen LogP contribution in [0.15, 0.2) is 53.4 Å². The summed E-state index contributed by atoms with van der Waals surface area (Å²) in [6.45, 7) is 4.40. The van der Waals surface area contributed by atoms with Gasteiger partial charge in [-0.1, -0.05) is 36.8 Å². The van der Waals surface area contributed by atoms with Crippen molar-refractivity contribution in [2.24, 2.45) is 0 Å². The van der Waals surface area contributed by atoms with Crippen molar-refractivity contribution >= 4 is 15.9 Å². The molecular formula is C20H24N2O3S. The molecule has 1 aliphatic carbocycles. The van der Waals surface area contributed by atoms with E-state index >= 15 is 0 Å². The van der Waals surface area contributed by atoms with Gasteiger partial charge in [-0.05, 0) is 49.6 Å². The van der Waals surface area contributed by atoms with E-state index in [0.717, 1.165) is 24.0 Å². The summed E-state index contributed by atoms with van der Waals surface area (Å²) in [5, 5.41) is 2.95. The lowest BCUT2D eigenvalue weighted by Crippen LogP contribution is -2.30. The molecule has 1 amide bonds. The van der Waals surface area contributed by atoms with Gasteiger partial charge >= 0.3 is 0 Å². The second-order valence-electron chi connectivity index (χ2n) is 6.69. The molecule has 0 unspecified atom stereocenters. The number of benzene rings is 2. The van der Waals surface area contributed by atoms with Crippen molar-refractivity contribution in [3.63, 3.8) is 0 Å². The number of rotatable bonds is 7. The van der Waals surface area contributed by atoms with Crippen LogP contribution in [0.3, 0.4) is 0 Å². The fourth-order valence-corrected chi connectivity index (χ4v) is 4.12. The first-order valence-corrected chi connectivity index (χ1v) is 10.3. The van der Waals surface area contributed by atoms with Gasteiger partial charge in [-0.15, -0.1) is 0 Å². The third kappa shape index (κ3) is 4.31.